The van der Waals surface area contributed by atoms with Gasteiger partial charge in [0.1, 0.15) is 0 Å². The lowest BCUT2D eigenvalue weighted by Crippen LogP contribution is -2.60. The molecule has 0 aromatic rings. The molecule has 19 heavy (non-hydrogen) atoms. The van der Waals surface area contributed by atoms with Crippen molar-refractivity contribution in [2.75, 3.05) is 20.6 Å². The number of carbonyl (C=O) groups is 2. The van der Waals surface area contributed by atoms with E-state index in [1.807, 2.05) is 25.9 Å². The maximum absolute atomic E-state index is 11.9. The predicted molar refractivity (Wildman–Crippen MR) is 75.2 cm³/mol. The second-order valence-corrected chi connectivity index (χ2v) is 6.32. The minimum Gasteiger partial charge on any atom is -0.481 e. The van der Waals surface area contributed by atoms with Crippen molar-refractivity contribution in [2.45, 2.75) is 46.2 Å². The number of hydrogen-bond donors (Lipinski definition) is 3. The van der Waals surface area contributed by atoms with Crippen molar-refractivity contribution in [1.82, 2.24) is 15.5 Å². The van der Waals surface area contributed by atoms with Crippen LogP contribution < -0.4 is 10.6 Å². The summed E-state index contributed by atoms with van der Waals surface area (Å²) in [4.78, 5) is 25.1. The number of carboxylic acid groups (broad SMARTS) is 1. The van der Waals surface area contributed by atoms with Crippen LogP contribution in [0.25, 0.3) is 0 Å². The molecular weight excluding hydrogens is 246 g/mol. The third kappa shape index (κ3) is 5.06. The van der Waals surface area contributed by atoms with Gasteiger partial charge < -0.3 is 20.6 Å². The molecular formula is C13H27N3O3. The highest BCUT2D eigenvalue weighted by Crippen LogP contribution is 2.30. The summed E-state index contributed by atoms with van der Waals surface area (Å²) in [5, 5.41) is 14.7. The number of rotatable bonds is 6. The van der Waals surface area contributed by atoms with Crippen LogP contribution in [0.15, 0.2) is 0 Å². The Labute approximate surface area is 115 Å². The smallest absolute Gasteiger partial charge is 0.315 e. The summed E-state index contributed by atoms with van der Waals surface area (Å²) >= 11 is 0. The maximum atomic E-state index is 11.9. The van der Waals surface area contributed by atoms with Gasteiger partial charge in [-0.05, 0) is 48.7 Å². The first kappa shape index (κ1) is 17.7. The number of urea groups is 1. The molecule has 0 aliphatic rings. The number of carbonyl (C=O) groups excluding carboxylic acids is 1. The van der Waals surface area contributed by atoms with Crippen LogP contribution in [0, 0.1) is 5.41 Å². The van der Waals surface area contributed by atoms with Gasteiger partial charge in [-0.1, -0.05) is 0 Å². The Bertz CT molecular complexity index is 338. The Hall–Kier alpha value is -1.30. The molecule has 0 aliphatic carbocycles. The van der Waals surface area contributed by atoms with Crippen LogP contribution in [0.1, 0.15) is 34.6 Å². The van der Waals surface area contributed by atoms with Crippen LogP contribution >= 0.6 is 0 Å². The van der Waals surface area contributed by atoms with Crippen LogP contribution in [0.2, 0.25) is 0 Å². The van der Waals surface area contributed by atoms with Gasteiger partial charge in [0, 0.05) is 12.6 Å². The Balaban J connectivity index is 4.59. The predicted octanol–water partition coefficient (Wildman–Crippen LogP) is 1.13. The van der Waals surface area contributed by atoms with Gasteiger partial charge in [-0.2, -0.15) is 0 Å². The van der Waals surface area contributed by atoms with Gasteiger partial charge in [-0.15, -0.1) is 0 Å². The molecule has 0 radical (unpaired) electrons. The van der Waals surface area contributed by atoms with Gasteiger partial charge in [0.2, 0.25) is 0 Å². The zero-order valence-corrected chi connectivity index (χ0v) is 13.0. The molecule has 0 saturated heterocycles. The molecule has 0 rings (SSSR count). The van der Waals surface area contributed by atoms with Gasteiger partial charge >= 0.3 is 12.0 Å². The van der Waals surface area contributed by atoms with Crippen molar-refractivity contribution in [1.29, 1.82) is 0 Å². The van der Waals surface area contributed by atoms with Crippen molar-refractivity contribution in [3.8, 4) is 0 Å². The van der Waals surface area contributed by atoms with E-state index in [-0.39, 0.29) is 12.1 Å². The molecule has 0 saturated carbocycles. The van der Waals surface area contributed by atoms with E-state index in [0.717, 1.165) is 6.54 Å². The molecule has 3 N–H and O–H groups in total. The van der Waals surface area contributed by atoms with E-state index in [1.54, 1.807) is 27.7 Å². The third-order valence-corrected chi connectivity index (χ3v) is 3.54. The van der Waals surface area contributed by atoms with Crippen LogP contribution in [-0.2, 0) is 4.79 Å². The Kier molecular flexibility index (Phi) is 5.81. The lowest BCUT2D eigenvalue weighted by atomic mass is 9.74. The monoisotopic (exact) mass is 273 g/mol. The topological polar surface area (TPSA) is 81.7 Å². The van der Waals surface area contributed by atoms with Gasteiger partial charge in [-0.25, -0.2) is 4.79 Å². The average Bonchev–Trinajstić information content (AvgIpc) is 2.13. The molecule has 112 valence electrons. The maximum Gasteiger partial charge on any atom is 0.315 e. The highest BCUT2D eigenvalue weighted by Gasteiger charge is 2.44. The highest BCUT2D eigenvalue weighted by molar-refractivity contribution is 5.79. The molecule has 1 atom stereocenters. The first-order valence-electron chi connectivity index (χ1n) is 6.37. The number of aliphatic carboxylic acids is 1. The summed E-state index contributed by atoms with van der Waals surface area (Å²) < 4.78 is 0. The highest BCUT2D eigenvalue weighted by atomic mass is 16.4. The number of hydrogen-bond acceptors (Lipinski definition) is 3. The molecule has 1 unspecified atom stereocenters. The molecule has 0 bridgehead atoms. The molecule has 6 nitrogen and oxygen atoms in total. The molecule has 0 aliphatic heterocycles. The molecule has 0 spiro atoms. The normalized spacial score (nSPS) is 14.1. The van der Waals surface area contributed by atoms with Crippen LogP contribution in [0.3, 0.4) is 0 Å². The summed E-state index contributed by atoms with van der Waals surface area (Å²) in [5.74, 6) is -0.945. The number of amides is 2. The Morgan fingerprint density at radius 3 is 2.05 bits per heavy atom. The van der Waals surface area contributed by atoms with Gasteiger partial charge in [-0.3, -0.25) is 4.79 Å². The van der Waals surface area contributed by atoms with Crippen molar-refractivity contribution in [2.24, 2.45) is 5.41 Å². The van der Waals surface area contributed by atoms with E-state index in [4.69, 9.17) is 0 Å². The minimum absolute atomic E-state index is 0.0151. The minimum atomic E-state index is -1.06. The number of carboxylic acids is 1. The van der Waals surface area contributed by atoms with Gasteiger partial charge in [0.15, 0.2) is 0 Å². The van der Waals surface area contributed by atoms with Crippen molar-refractivity contribution in [3.63, 3.8) is 0 Å². The van der Waals surface area contributed by atoms with E-state index >= 15 is 0 Å². The van der Waals surface area contributed by atoms with Crippen molar-refractivity contribution in [3.05, 3.63) is 0 Å². The largest absolute Gasteiger partial charge is 0.481 e. The number of nitrogens with one attached hydrogen (secondary N) is 2. The molecule has 0 aromatic carbocycles. The van der Waals surface area contributed by atoms with Gasteiger partial charge in [0.05, 0.1) is 11.0 Å². The molecule has 0 fully saturated rings. The number of nitrogens with zero attached hydrogens (tertiary/aromatic N) is 1. The van der Waals surface area contributed by atoms with Crippen molar-refractivity contribution >= 4 is 12.0 Å². The summed E-state index contributed by atoms with van der Waals surface area (Å²) in [5.41, 5.74) is -1.92. The molecule has 0 heterocycles. The van der Waals surface area contributed by atoms with E-state index < -0.39 is 16.9 Å². The summed E-state index contributed by atoms with van der Waals surface area (Å²) in [6.45, 7) is 9.22. The second-order valence-electron chi connectivity index (χ2n) is 6.32. The summed E-state index contributed by atoms with van der Waals surface area (Å²) in [6, 6.07) is -0.368. The van der Waals surface area contributed by atoms with E-state index in [1.165, 1.54) is 0 Å². The van der Waals surface area contributed by atoms with Gasteiger partial charge in [0.25, 0.3) is 0 Å². The average molecular weight is 273 g/mol. The quantitative estimate of drug-likeness (QED) is 0.677. The number of likely N-dealkylation sites (N-methyl/N-ethyl adjacent to an activating group) is 1. The SMILES string of the molecule is CC(CN(C)C)NC(=O)NC(C)(C)C(C)(C)C(=O)O. The van der Waals surface area contributed by atoms with Crippen LogP contribution in [0.4, 0.5) is 4.79 Å². The van der Waals surface area contributed by atoms with Crippen molar-refractivity contribution < 1.29 is 14.7 Å². The first-order valence-corrected chi connectivity index (χ1v) is 6.37. The van der Waals surface area contributed by atoms with Crippen LogP contribution in [0.5, 0.6) is 0 Å². The fraction of sp³-hybridized carbons (Fsp3) is 0.846. The van der Waals surface area contributed by atoms with E-state index in [2.05, 4.69) is 10.6 Å². The van der Waals surface area contributed by atoms with E-state index in [0.29, 0.717) is 0 Å². The lowest BCUT2D eigenvalue weighted by Gasteiger charge is -2.39. The second kappa shape index (κ2) is 6.23. The zero-order chi connectivity index (χ0) is 15.4. The Morgan fingerprint density at radius 2 is 1.68 bits per heavy atom. The third-order valence-electron chi connectivity index (χ3n) is 3.54. The lowest BCUT2D eigenvalue weighted by molar-refractivity contribution is -0.150. The Morgan fingerprint density at radius 1 is 1.21 bits per heavy atom. The summed E-state index contributed by atoms with van der Waals surface area (Å²) in [6.07, 6.45) is 0. The molecule has 6 heteroatoms. The van der Waals surface area contributed by atoms with Crippen LogP contribution in [-0.4, -0.2) is 54.2 Å². The molecule has 0 aromatic heterocycles. The summed E-state index contributed by atoms with van der Waals surface area (Å²) in [7, 11) is 3.85. The zero-order valence-electron chi connectivity index (χ0n) is 13.0. The first-order chi connectivity index (χ1) is 8.40. The standard InChI is InChI=1S/C13H27N3O3/c1-9(8-16(6)7)14-11(19)15-13(4,5)12(2,3)10(17)18/h9H,8H2,1-7H3,(H,17,18)(H2,14,15,19). The fourth-order valence-corrected chi connectivity index (χ4v) is 1.56. The fourth-order valence-electron chi connectivity index (χ4n) is 1.56. The molecule has 2 amide bonds. The van der Waals surface area contributed by atoms with E-state index in [9.17, 15) is 14.7 Å².